The van der Waals surface area contributed by atoms with Gasteiger partial charge in [-0.3, -0.25) is 0 Å². The minimum Gasteiger partial charge on any atom is -0.330 e. The number of nitrogens with zero attached hydrogens (tertiary/aromatic N) is 3. The Morgan fingerprint density at radius 1 is 1.28 bits per heavy atom. The van der Waals surface area contributed by atoms with Crippen molar-refractivity contribution in [1.82, 2.24) is 15.0 Å². The molecule has 0 radical (unpaired) electrons. The van der Waals surface area contributed by atoms with Crippen LogP contribution in [0.25, 0.3) is 0 Å². The largest absolute Gasteiger partial charge is 0.330 e. The fourth-order valence-electron chi connectivity index (χ4n) is 1.98. The monoisotopic (exact) mass is 244 g/mol. The number of hydrogen-bond donors (Lipinski definition) is 1. The predicted octanol–water partition coefficient (Wildman–Crippen LogP) is 1.92. The average Bonchev–Trinajstić information content (AvgIpc) is 2.77. The predicted molar refractivity (Wildman–Crippen MR) is 72.3 cm³/mol. The van der Waals surface area contributed by atoms with Crippen molar-refractivity contribution in [2.24, 2.45) is 5.73 Å². The maximum atomic E-state index is 5.47. The van der Waals surface area contributed by atoms with Gasteiger partial charge in [0.15, 0.2) is 0 Å². The van der Waals surface area contributed by atoms with Crippen LogP contribution in [0, 0.1) is 6.92 Å². The van der Waals surface area contributed by atoms with Crippen molar-refractivity contribution in [1.29, 1.82) is 0 Å². The molecule has 4 heteroatoms. The first-order valence-corrected chi connectivity index (χ1v) is 6.42. The third-order valence-corrected chi connectivity index (χ3v) is 2.90. The highest BCUT2D eigenvalue weighted by atomic mass is 15.4. The Kier molecular flexibility index (Phi) is 4.47. The molecule has 1 aromatic heterocycles. The van der Waals surface area contributed by atoms with E-state index < -0.39 is 0 Å². The van der Waals surface area contributed by atoms with Crippen molar-refractivity contribution in [2.45, 2.75) is 32.7 Å². The summed E-state index contributed by atoms with van der Waals surface area (Å²) in [5.41, 5.74) is 9.06. The molecule has 0 saturated carbocycles. The number of benzene rings is 1. The molecule has 2 rings (SSSR count). The molecule has 0 bridgehead atoms. The van der Waals surface area contributed by atoms with Gasteiger partial charge < -0.3 is 5.73 Å². The van der Waals surface area contributed by atoms with Crippen LogP contribution in [0.4, 0.5) is 0 Å². The molecule has 0 aliphatic carbocycles. The quantitative estimate of drug-likeness (QED) is 0.790. The van der Waals surface area contributed by atoms with Crippen LogP contribution in [-0.4, -0.2) is 21.5 Å². The Hall–Kier alpha value is -1.68. The SMILES string of the molecule is Cc1cccc(Cn2cc(CCCCN)nn2)c1. The second-order valence-corrected chi connectivity index (χ2v) is 4.64. The van der Waals surface area contributed by atoms with E-state index in [-0.39, 0.29) is 0 Å². The second-order valence-electron chi connectivity index (χ2n) is 4.64. The number of aryl methyl sites for hydroxylation is 2. The van der Waals surface area contributed by atoms with Crippen molar-refractivity contribution in [3.05, 3.63) is 47.3 Å². The summed E-state index contributed by atoms with van der Waals surface area (Å²) in [5, 5.41) is 8.33. The van der Waals surface area contributed by atoms with Crippen LogP contribution in [0.1, 0.15) is 29.7 Å². The first-order chi connectivity index (χ1) is 8.78. The Morgan fingerprint density at radius 2 is 2.17 bits per heavy atom. The van der Waals surface area contributed by atoms with Crippen LogP contribution < -0.4 is 5.73 Å². The standard InChI is InChI=1S/C14H20N4/c1-12-5-4-6-13(9-12)10-18-11-14(16-17-18)7-2-3-8-15/h4-6,9,11H,2-3,7-8,10,15H2,1H3. The van der Waals surface area contributed by atoms with E-state index in [4.69, 9.17) is 5.73 Å². The van der Waals surface area contributed by atoms with Gasteiger partial charge in [0, 0.05) is 6.20 Å². The maximum absolute atomic E-state index is 5.47. The molecular formula is C14H20N4. The fraction of sp³-hybridized carbons (Fsp3) is 0.429. The normalized spacial score (nSPS) is 10.8. The summed E-state index contributed by atoms with van der Waals surface area (Å²) in [6, 6.07) is 8.46. The maximum Gasteiger partial charge on any atom is 0.0827 e. The van der Waals surface area contributed by atoms with Gasteiger partial charge in [0.25, 0.3) is 0 Å². The Labute approximate surface area is 108 Å². The van der Waals surface area contributed by atoms with Gasteiger partial charge in [-0.2, -0.15) is 0 Å². The molecule has 4 nitrogen and oxygen atoms in total. The first-order valence-electron chi connectivity index (χ1n) is 6.42. The molecule has 1 aromatic carbocycles. The van der Waals surface area contributed by atoms with E-state index in [9.17, 15) is 0 Å². The van der Waals surface area contributed by atoms with Crippen molar-refractivity contribution >= 4 is 0 Å². The summed E-state index contributed by atoms with van der Waals surface area (Å²) in [4.78, 5) is 0. The Balaban J connectivity index is 1.94. The number of nitrogens with two attached hydrogens (primary N) is 1. The van der Waals surface area contributed by atoms with Crippen LogP contribution >= 0.6 is 0 Å². The number of aromatic nitrogens is 3. The first kappa shape index (κ1) is 12.8. The average molecular weight is 244 g/mol. The second kappa shape index (κ2) is 6.31. The van der Waals surface area contributed by atoms with E-state index in [0.717, 1.165) is 38.0 Å². The molecule has 0 atom stereocenters. The van der Waals surface area contributed by atoms with Gasteiger partial charge in [-0.05, 0) is 38.3 Å². The molecule has 2 aromatic rings. The minimum atomic E-state index is 0.747. The zero-order valence-electron chi connectivity index (χ0n) is 10.8. The highest BCUT2D eigenvalue weighted by molar-refractivity contribution is 5.22. The van der Waals surface area contributed by atoms with Gasteiger partial charge in [-0.1, -0.05) is 35.0 Å². The van der Waals surface area contributed by atoms with Crippen LogP contribution in [-0.2, 0) is 13.0 Å². The molecule has 18 heavy (non-hydrogen) atoms. The van der Waals surface area contributed by atoms with Gasteiger partial charge in [-0.15, -0.1) is 5.10 Å². The third-order valence-electron chi connectivity index (χ3n) is 2.90. The lowest BCUT2D eigenvalue weighted by molar-refractivity contribution is 0.648. The summed E-state index contributed by atoms with van der Waals surface area (Å²) in [5.74, 6) is 0. The summed E-state index contributed by atoms with van der Waals surface area (Å²) >= 11 is 0. The lowest BCUT2D eigenvalue weighted by Gasteiger charge is -2.01. The zero-order valence-corrected chi connectivity index (χ0v) is 10.8. The van der Waals surface area contributed by atoms with E-state index in [1.807, 2.05) is 10.9 Å². The molecular weight excluding hydrogens is 224 g/mol. The number of hydrogen-bond acceptors (Lipinski definition) is 3. The molecule has 0 saturated heterocycles. The van der Waals surface area contributed by atoms with Gasteiger partial charge in [0.2, 0.25) is 0 Å². The van der Waals surface area contributed by atoms with E-state index >= 15 is 0 Å². The smallest absolute Gasteiger partial charge is 0.0827 e. The van der Waals surface area contributed by atoms with Crippen LogP contribution in [0.5, 0.6) is 0 Å². The van der Waals surface area contributed by atoms with E-state index in [2.05, 4.69) is 41.5 Å². The summed E-state index contributed by atoms with van der Waals surface area (Å²) in [6.07, 6.45) is 5.12. The van der Waals surface area contributed by atoms with Gasteiger partial charge in [-0.25, -0.2) is 4.68 Å². The Morgan fingerprint density at radius 3 is 2.94 bits per heavy atom. The molecule has 0 amide bonds. The molecule has 96 valence electrons. The van der Waals surface area contributed by atoms with E-state index in [1.54, 1.807) is 0 Å². The lowest BCUT2D eigenvalue weighted by Crippen LogP contribution is -2.00. The topological polar surface area (TPSA) is 56.7 Å². The van der Waals surface area contributed by atoms with Crippen LogP contribution in [0.2, 0.25) is 0 Å². The van der Waals surface area contributed by atoms with Crippen molar-refractivity contribution in [2.75, 3.05) is 6.54 Å². The highest BCUT2D eigenvalue weighted by Crippen LogP contribution is 2.07. The molecule has 0 unspecified atom stereocenters. The number of unbranched alkanes of at least 4 members (excludes halogenated alkanes) is 1. The van der Waals surface area contributed by atoms with E-state index in [1.165, 1.54) is 11.1 Å². The molecule has 1 heterocycles. The fourth-order valence-corrected chi connectivity index (χ4v) is 1.98. The van der Waals surface area contributed by atoms with Gasteiger partial charge in [0.1, 0.15) is 0 Å². The molecule has 0 spiro atoms. The zero-order chi connectivity index (χ0) is 12.8. The van der Waals surface area contributed by atoms with Crippen LogP contribution in [0.15, 0.2) is 30.5 Å². The summed E-state index contributed by atoms with van der Waals surface area (Å²) in [7, 11) is 0. The van der Waals surface area contributed by atoms with Gasteiger partial charge in [0.05, 0.1) is 12.2 Å². The van der Waals surface area contributed by atoms with Crippen molar-refractivity contribution in [3.63, 3.8) is 0 Å². The lowest BCUT2D eigenvalue weighted by atomic mass is 10.1. The molecule has 0 fully saturated rings. The summed E-state index contributed by atoms with van der Waals surface area (Å²) in [6.45, 7) is 3.63. The Bertz CT molecular complexity index is 490. The van der Waals surface area contributed by atoms with Gasteiger partial charge >= 0.3 is 0 Å². The number of rotatable bonds is 6. The molecule has 0 aliphatic rings. The van der Waals surface area contributed by atoms with Crippen molar-refractivity contribution < 1.29 is 0 Å². The minimum absolute atomic E-state index is 0.747. The van der Waals surface area contributed by atoms with E-state index in [0.29, 0.717) is 0 Å². The summed E-state index contributed by atoms with van der Waals surface area (Å²) < 4.78 is 1.90. The third kappa shape index (κ3) is 3.67. The van der Waals surface area contributed by atoms with Crippen molar-refractivity contribution in [3.8, 4) is 0 Å². The molecule has 0 aliphatic heterocycles. The van der Waals surface area contributed by atoms with Crippen LogP contribution in [0.3, 0.4) is 0 Å². The highest BCUT2D eigenvalue weighted by Gasteiger charge is 2.01. The molecule has 2 N–H and O–H groups in total.